The smallest absolute Gasteiger partial charge is 0.294 e. The van der Waals surface area contributed by atoms with Gasteiger partial charge >= 0.3 is 0 Å². The normalized spacial score (nSPS) is 13.8. The molecule has 0 amide bonds. The van der Waals surface area contributed by atoms with Crippen molar-refractivity contribution < 1.29 is 18.1 Å². The standard InChI is InChI=1S/C10H14O4S/c1-3-7(2)9-5-4-8(6-10(9)11)15(12,13)14/h4-7,11H,3H2,1-2H3,(H,12,13,14). The molecule has 0 fully saturated rings. The molecule has 0 saturated carbocycles. The van der Waals surface area contributed by atoms with Gasteiger partial charge < -0.3 is 5.11 Å². The van der Waals surface area contributed by atoms with Crippen LogP contribution >= 0.6 is 0 Å². The number of benzene rings is 1. The first-order chi connectivity index (χ1) is 6.86. The molecule has 0 bridgehead atoms. The molecule has 0 radical (unpaired) electrons. The largest absolute Gasteiger partial charge is 0.508 e. The van der Waals surface area contributed by atoms with Crippen LogP contribution < -0.4 is 0 Å². The van der Waals surface area contributed by atoms with E-state index in [1.807, 2.05) is 13.8 Å². The first-order valence-corrected chi connectivity index (χ1v) is 6.10. The maximum atomic E-state index is 10.8. The van der Waals surface area contributed by atoms with Gasteiger partial charge in [0, 0.05) is 6.07 Å². The molecule has 4 nitrogen and oxygen atoms in total. The van der Waals surface area contributed by atoms with Gasteiger partial charge in [-0.3, -0.25) is 4.55 Å². The molecule has 2 N–H and O–H groups in total. The maximum absolute atomic E-state index is 10.8. The Bertz CT molecular complexity index is 450. The van der Waals surface area contributed by atoms with Crippen LogP contribution in [0.4, 0.5) is 0 Å². The maximum Gasteiger partial charge on any atom is 0.294 e. The highest BCUT2D eigenvalue weighted by atomic mass is 32.2. The van der Waals surface area contributed by atoms with Crippen molar-refractivity contribution in [3.63, 3.8) is 0 Å². The highest BCUT2D eigenvalue weighted by molar-refractivity contribution is 7.85. The molecular formula is C10H14O4S. The second kappa shape index (κ2) is 4.20. The number of phenols is 1. The fraction of sp³-hybridized carbons (Fsp3) is 0.400. The van der Waals surface area contributed by atoms with Crippen molar-refractivity contribution in [3.8, 4) is 5.75 Å². The summed E-state index contributed by atoms with van der Waals surface area (Å²) in [5, 5.41) is 9.58. The van der Waals surface area contributed by atoms with E-state index in [0.717, 1.165) is 12.5 Å². The van der Waals surface area contributed by atoms with Crippen LogP contribution in [0.3, 0.4) is 0 Å². The van der Waals surface area contributed by atoms with Gasteiger partial charge in [0.15, 0.2) is 0 Å². The molecule has 0 spiro atoms. The summed E-state index contributed by atoms with van der Waals surface area (Å²) < 4.78 is 30.3. The fourth-order valence-electron chi connectivity index (χ4n) is 1.32. The highest BCUT2D eigenvalue weighted by Gasteiger charge is 2.14. The van der Waals surface area contributed by atoms with E-state index >= 15 is 0 Å². The summed E-state index contributed by atoms with van der Waals surface area (Å²) in [6.07, 6.45) is 0.846. The molecule has 0 aromatic heterocycles. The van der Waals surface area contributed by atoms with Crippen LogP contribution in [0.2, 0.25) is 0 Å². The molecular weight excluding hydrogens is 216 g/mol. The van der Waals surface area contributed by atoms with E-state index in [9.17, 15) is 13.5 Å². The summed E-state index contributed by atoms with van der Waals surface area (Å²) in [4.78, 5) is -0.285. The molecule has 5 heteroatoms. The van der Waals surface area contributed by atoms with E-state index in [-0.39, 0.29) is 16.6 Å². The van der Waals surface area contributed by atoms with Crippen molar-refractivity contribution in [2.75, 3.05) is 0 Å². The van der Waals surface area contributed by atoms with Gasteiger partial charge in [0.2, 0.25) is 0 Å². The number of rotatable bonds is 3. The molecule has 1 atom stereocenters. The van der Waals surface area contributed by atoms with Crippen molar-refractivity contribution in [3.05, 3.63) is 23.8 Å². The lowest BCUT2D eigenvalue weighted by Crippen LogP contribution is -1.99. The second-order valence-electron chi connectivity index (χ2n) is 3.50. The third kappa shape index (κ3) is 2.70. The van der Waals surface area contributed by atoms with E-state index in [1.165, 1.54) is 12.1 Å². The Hall–Kier alpha value is -1.07. The lowest BCUT2D eigenvalue weighted by Gasteiger charge is -2.11. The van der Waals surface area contributed by atoms with E-state index in [1.54, 1.807) is 0 Å². The average molecular weight is 230 g/mol. The van der Waals surface area contributed by atoms with Gasteiger partial charge in [0.1, 0.15) is 5.75 Å². The van der Waals surface area contributed by atoms with Gasteiger partial charge in [-0.2, -0.15) is 8.42 Å². The minimum atomic E-state index is -4.23. The molecule has 0 aliphatic carbocycles. The van der Waals surface area contributed by atoms with Gasteiger partial charge in [-0.25, -0.2) is 0 Å². The molecule has 1 aromatic rings. The zero-order chi connectivity index (χ0) is 11.6. The summed E-state index contributed by atoms with van der Waals surface area (Å²) in [5.74, 6) is 0.0555. The first-order valence-electron chi connectivity index (χ1n) is 4.66. The summed E-state index contributed by atoms with van der Waals surface area (Å²) in [6.45, 7) is 3.91. The predicted octanol–water partition coefficient (Wildman–Crippen LogP) is 2.15. The van der Waals surface area contributed by atoms with Crippen LogP contribution in [0.15, 0.2) is 23.1 Å². The number of phenolic OH excluding ortho intramolecular Hbond substituents is 1. The summed E-state index contributed by atoms with van der Waals surface area (Å²) in [7, 11) is -4.23. The van der Waals surface area contributed by atoms with E-state index in [0.29, 0.717) is 5.56 Å². The lowest BCUT2D eigenvalue weighted by molar-refractivity contribution is 0.455. The van der Waals surface area contributed by atoms with Crippen LogP contribution in [0.25, 0.3) is 0 Å². The fourth-order valence-corrected chi connectivity index (χ4v) is 1.82. The Morgan fingerprint density at radius 2 is 2.00 bits per heavy atom. The van der Waals surface area contributed by atoms with Crippen LogP contribution in [0, 0.1) is 0 Å². The first kappa shape index (κ1) is 12.0. The van der Waals surface area contributed by atoms with Crippen molar-refractivity contribution in [2.45, 2.75) is 31.1 Å². The molecule has 1 unspecified atom stereocenters. The van der Waals surface area contributed by atoms with Crippen LogP contribution in [0.1, 0.15) is 31.7 Å². The van der Waals surface area contributed by atoms with Crippen LogP contribution in [-0.2, 0) is 10.1 Å². The van der Waals surface area contributed by atoms with E-state index in [2.05, 4.69) is 0 Å². The Morgan fingerprint density at radius 3 is 2.40 bits per heavy atom. The number of aromatic hydroxyl groups is 1. The SMILES string of the molecule is CCC(C)c1ccc(S(=O)(=O)O)cc1O. The Morgan fingerprint density at radius 1 is 1.40 bits per heavy atom. The zero-order valence-electron chi connectivity index (χ0n) is 8.64. The van der Waals surface area contributed by atoms with Gasteiger partial charge in [0.05, 0.1) is 4.90 Å². The predicted molar refractivity (Wildman–Crippen MR) is 56.6 cm³/mol. The quantitative estimate of drug-likeness (QED) is 0.780. The molecule has 0 aliphatic heterocycles. The molecule has 0 aliphatic rings. The van der Waals surface area contributed by atoms with Crippen molar-refractivity contribution in [1.82, 2.24) is 0 Å². The van der Waals surface area contributed by atoms with E-state index in [4.69, 9.17) is 4.55 Å². The molecule has 0 heterocycles. The van der Waals surface area contributed by atoms with Gasteiger partial charge in [-0.1, -0.05) is 19.9 Å². The number of hydrogen-bond acceptors (Lipinski definition) is 3. The lowest BCUT2D eigenvalue weighted by atomic mass is 9.98. The third-order valence-electron chi connectivity index (χ3n) is 2.44. The molecule has 15 heavy (non-hydrogen) atoms. The van der Waals surface area contributed by atoms with Crippen molar-refractivity contribution in [1.29, 1.82) is 0 Å². The van der Waals surface area contributed by atoms with E-state index < -0.39 is 10.1 Å². The number of hydrogen-bond donors (Lipinski definition) is 2. The van der Waals surface area contributed by atoms with Crippen molar-refractivity contribution in [2.24, 2.45) is 0 Å². The van der Waals surface area contributed by atoms with Gasteiger partial charge in [-0.15, -0.1) is 0 Å². The monoisotopic (exact) mass is 230 g/mol. The summed E-state index contributed by atoms with van der Waals surface area (Å²) in [5.41, 5.74) is 0.685. The summed E-state index contributed by atoms with van der Waals surface area (Å²) in [6, 6.07) is 3.87. The Kier molecular flexibility index (Phi) is 3.36. The topological polar surface area (TPSA) is 74.6 Å². The average Bonchev–Trinajstić information content (AvgIpc) is 2.15. The third-order valence-corrected chi connectivity index (χ3v) is 3.29. The molecule has 1 rings (SSSR count). The van der Waals surface area contributed by atoms with Gasteiger partial charge in [-0.05, 0) is 24.0 Å². The Labute approximate surface area is 89.3 Å². The van der Waals surface area contributed by atoms with Crippen molar-refractivity contribution >= 4 is 10.1 Å². The minimum absolute atomic E-state index is 0.0977. The molecule has 84 valence electrons. The highest BCUT2D eigenvalue weighted by Crippen LogP contribution is 2.29. The Balaban J connectivity index is 3.20. The molecule has 0 saturated heterocycles. The summed E-state index contributed by atoms with van der Waals surface area (Å²) >= 11 is 0. The zero-order valence-corrected chi connectivity index (χ0v) is 9.45. The minimum Gasteiger partial charge on any atom is -0.508 e. The van der Waals surface area contributed by atoms with Crippen LogP contribution in [0.5, 0.6) is 5.75 Å². The second-order valence-corrected chi connectivity index (χ2v) is 4.93. The van der Waals surface area contributed by atoms with Gasteiger partial charge in [0.25, 0.3) is 10.1 Å². The molecule has 1 aromatic carbocycles. The van der Waals surface area contributed by atoms with Crippen LogP contribution in [-0.4, -0.2) is 18.1 Å².